The van der Waals surface area contributed by atoms with Crippen LogP contribution >= 0.6 is 46.1 Å². The van der Waals surface area contributed by atoms with Crippen LogP contribution in [0.4, 0.5) is 17.2 Å². The standard InChI is InChI=1S/C26H28Cl3N5O5S/c1-33(12-18(36)13-35)11-15-14-40-24(22(15)29)26(38)32-23-19(25(37)31-21-3-2-16(27)10-30-21)8-17(28)9-20(23)34-4-6-39-7-5-34/h2-3,8-10,14,18,35-36H,4-7,11-13H2,1H3,(H,32,38)(H,30,31,37). The van der Waals surface area contributed by atoms with Gasteiger partial charge in [-0.3, -0.25) is 14.5 Å². The highest BCUT2D eigenvalue weighted by Gasteiger charge is 2.26. The normalized spacial score (nSPS) is 14.3. The van der Waals surface area contributed by atoms with E-state index >= 15 is 0 Å². The van der Waals surface area contributed by atoms with E-state index in [2.05, 4.69) is 15.6 Å². The van der Waals surface area contributed by atoms with Crippen LogP contribution in [0.1, 0.15) is 25.6 Å². The zero-order chi connectivity index (χ0) is 28.8. The summed E-state index contributed by atoms with van der Waals surface area (Å²) in [6.07, 6.45) is 0.524. The van der Waals surface area contributed by atoms with Crippen LogP contribution in [0.2, 0.25) is 15.1 Å². The van der Waals surface area contributed by atoms with E-state index in [-0.39, 0.29) is 40.1 Å². The van der Waals surface area contributed by atoms with Crippen molar-refractivity contribution in [1.29, 1.82) is 0 Å². The molecule has 1 aromatic carbocycles. The van der Waals surface area contributed by atoms with Crippen LogP contribution in [0.3, 0.4) is 0 Å². The number of hydrogen-bond donors (Lipinski definition) is 4. The number of benzene rings is 1. The number of halogens is 3. The summed E-state index contributed by atoms with van der Waals surface area (Å²) in [6.45, 7) is 2.29. The van der Waals surface area contributed by atoms with E-state index in [0.717, 1.165) is 0 Å². The van der Waals surface area contributed by atoms with Crippen LogP contribution < -0.4 is 15.5 Å². The molecule has 40 heavy (non-hydrogen) atoms. The molecule has 0 spiro atoms. The number of hydrogen-bond acceptors (Lipinski definition) is 9. The van der Waals surface area contributed by atoms with Crippen molar-refractivity contribution in [1.82, 2.24) is 9.88 Å². The third-order valence-electron chi connectivity index (χ3n) is 6.07. The highest BCUT2D eigenvalue weighted by molar-refractivity contribution is 7.13. The summed E-state index contributed by atoms with van der Waals surface area (Å²) in [6, 6.07) is 6.34. The molecule has 4 N–H and O–H groups in total. The first-order valence-corrected chi connectivity index (χ1v) is 14.3. The van der Waals surface area contributed by atoms with Crippen LogP contribution in [0.15, 0.2) is 35.8 Å². The molecule has 3 aromatic rings. The van der Waals surface area contributed by atoms with E-state index in [9.17, 15) is 14.7 Å². The van der Waals surface area contributed by atoms with Crippen molar-refractivity contribution in [2.75, 3.05) is 62.0 Å². The lowest BCUT2D eigenvalue weighted by molar-refractivity contribution is 0.0648. The molecule has 0 radical (unpaired) electrons. The van der Waals surface area contributed by atoms with Gasteiger partial charge in [-0.25, -0.2) is 4.98 Å². The van der Waals surface area contributed by atoms with E-state index in [4.69, 9.17) is 44.6 Å². The summed E-state index contributed by atoms with van der Waals surface area (Å²) in [5.41, 5.74) is 1.69. The number of amides is 2. The monoisotopic (exact) mass is 627 g/mol. The van der Waals surface area contributed by atoms with Crippen LogP contribution in [-0.2, 0) is 11.3 Å². The topological polar surface area (TPSA) is 127 Å². The van der Waals surface area contributed by atoms with E-state index in [0.29, 0.717) is 54.1 Å². The lowest BCUT2D eigenvalue weighted by Crippen LogP contribution is -2.37. The Bertz CT molecular complexity index is 1350. The number of likely N-dealkylation sites (N-methyl/N-ethyl adjacent to an activating group) is 1. The zero-order valence-electron chi connectivity index (χ0n) is 21.5. The van der Waals surface area contributed by atoms with Gasteiger partial charge in [-0.05, 0) is 42.3 Å². The van der Waals surface area contributed by atoms with E-state index in [1.807, 2.05) is 4.90 Å². The quantitative estimate of drug-likeness (QED) is 0.263. The number of nitrogens with zero attached hydrogens (tertiary/aromatic N) is 3. The molecule has 1 aliphatic heterocycles. The number of aromatic nitrogens is 1. The molecule has 10 nitrogen and oxygen atoms in total. The molecule has 1 saturated heterocycles. The minimum absolute atomic E-state index is 0.143. The number of anilines is 3. The molecule has 0 aliphatic carbocycles. The van der Waals surface area contributed by atoms with Gasteiger partial charge in [0.1, 0.15) is 10.7 Å². The Labute approximate surface area is 250 Å². The van der Waals surface area contributed by atoms with Gasteiger partial charge < -0.3 is 30.5 Å². The number of rotatable bonds is 10. The molecule has 2 amide bonds. The van der Waals surface area contributed by atoms with Gasteiger partial charge in [0.2, 0.25) is 0 Å². The molecule has 3 heterocycles. The molecule has 4 rings (SSSR count). The first-order valence-electron chi connectivity index (χ1n) is 12.3. The summed E-state index contributed by atoms with van der Waals surface area (Å²) in [4.78, 5) is 35.1. The minimum Gasteiger partial charge on any atom is -0.394 e. The predicted molar refractivity (Wildman–Crippen MR) is 158 cm³/mol. The van der Waals surface area contributed by atoms with Gasteiger partial charge in [0.25, 0.3) is 11.8 Å². The lowest BCUT2D eigenvalue weighted by Gasteiger charge is -2.31. The van der Waals surface area contributed by atoms with E-state index < -0.39 is 17.9 Å². The number of aliphatic hydroxyl groups excluding tert-OH is 2. The average Bonchev–Trinajstić information content (AvgIpc) is 3.30. The summed E-state index contributed by atoms with van der Waals surface area (Å²) in [5.74, 6) is -0.736. The van der Waals surface area contributed by atoms with Crippen molar-refractivity contribution in [2.45, 2.75) is 12.6 Å². The lowest BCUT2D eigenvalue weighted by atomic mass is 10.1. The number of thiophene rings is 1. The molecular weight excluding hydrogens is 601 g/mol. The molecule has 0 bridgehead atoms. The number of carbonyl (C=O) groups excluding carboxylic acids is 2. The second kappa shape index (κ2) is 13.9. The van der Waals surface area contributed by atoms with Crippen molar-refractivity contribution >= 4 is 75.1 Å². The average molecular weight is 629 g/mol. The Balaban J connectivity index is 1.64. The van der Waals surface area contributed by atoms with Crippen LogP contribution in [0, 0.1) is 0 Å². The Morgan fingerprint density at radius 2 is 1.90 bits per heavy atom. The molecule has 0 saturated carbocycles. The van der Waals surface area contributed by atoms with Crippen molar-refractivity contribution < 1.29 is 24.5 Å². The van der Waals surface area contributed by atoms with Gasteiger partial charge in [0.15, 0.2) is 0 Å². The molecule has 14 heteroatoms. The molecule has 1 atom stereocenters. The van der Waals surface area contributed by atoms with Gasteiger partial charge in [-0.2, -0.15) is 0 Å². The molecule has 214 valence electrons. The van der Waals surface area contributed by atoms with Crippen LogP contribution in [0.25, 0.3) is 0 Å². The summed E-state index contributed by atoms with van der Waals surface area (Å²) >= 11 is 20.1. The fourth-order valence-electron chi connectivity index (χ4n) is 4.17. The fourth-order valence-corrected chi connectivity index (χ4v) is 5.74. The van der Waals surface area contributed by atoms with Crippen molar-refractivity contribution in [3.8, 4) is 0 Å². The molecule has 1 fully saturated rings. The SMILES string of the molecule is CN(Cc1csc(C(=O)Nc2c(C(=O)Nc3ccc(Cl)cn3)cc(Cl)cc2N2CCOCC2)c1Cl)CC(O)CO. The Morgan fingerprint density at radius 3 is 2.58 bits per heavy atom. The molecule has 1 aliphatic rings. The number of carbonyl (C=O) groups is 2. The second-order valence-electron chi connectivity index (χ2n) is 9.15. The van der Waals surface area contributed by atoms with Crippen molar-refractivity contribution in [3.05, 3.63) is 66.9 Å². The van der Waals surface area contributed by atoms with Crippen LogP contribution in [0.5, 0.6) is 0 Å². The van der Waals surface area contributed by atoms with E-state index in [1.165, 1.54) is 23.6 Å². The molecule has 2 aromatic heterocycles. The van der Waals surface area contributed by atoms with Gasteiger partial charge >= 0.3 is 0 Å². The number of pyridine rings is 1. The summed E-state index contributed by atoms with van der Waals surface area (Å²) < 4.78 is 5.48. The highest BCUT2D eigenvalue weighted by Crippen LogP contribution is 2.36. The number of nitrogens with one attached hydrogen (secondary N) is 2. The number of morpholine rings is 1. The van der Waals surface area contributed by atoms with Gasteiger partial charge in [0.05, 0.1) is 52.9 Å². The Hall–Kier alpha value is -2.48. The first kappa shape index (κ1) is 30.5. The smallest absolute Gasteiger partial charge is 0.267 e. The van der Waals surface area contributed by atoms with Crippen molar-refractivity contribution in [3.63, 3.8) is 0 Å². The Morgan fingerprint density at radius 1 is 1.15 bits per heavy atom. The maximum Gasteiger partial charge on any atom is 0.267 e. The van der Waals surface area contributed by atoms with Gasteiger partial charge in [-0.1, -0.05) is 34.8 Å². The maximum atomic E-state index is 13.5. The Kier molecular flexibility index (Phi) is 10.6. The van der Waals surface area contributed by atoms with Gasteiger partial charge in [0, 0.05) is 37.4 Å². The predicted octanol–water partition coefficient (Wildman–Crippen LogP) is 4.23. The van der Waals surface area contributed by atoms with Gasteiger partial charge in [-0.15, -0.1) is 11.3 Å². The van der Waals surface area contributed by atoms with Crippen LogP contribution in [-0.4, -0.2) is 84.5 Å². The number of ether oxygens (including phenoxy) is 1. The molecule has 1 unspecified atom stereocenters. The second-order valence-corrected chi connectivity index (χ2v) is 11.3. The highest BCUT2D eigenvalue weighted by atomic mass is 35.5. The number of aliphatic hydroxyl groups is 2. The third-order valence-corrected chi connectivity index (χ3v) is 8.08. The van der Waals surface area contributed by atoms with E-state index in [1.54, 1.807) is 35.5 Å². The zero-order valence-corrected chi connectivity index (χ0v) is 24.6. The summed E-state index contributed by atoms with van der Waals surface area (Å²) in [5, 5.41) is 27.2. The molecular formula is C26H28Cl3N5O5S. The third kappa shape index (κ3) is 7.62. The maximum absolute atomic E-state index is 13.5. The first-order chi connectivity index (χ1) is 19.2. The largest absolute Gasteiger partial charge is 0.394 e. The summed E-state index contributed by atoms with van der Waals surface area (Å²) in [7, 11) is 1.77. The minimum atomic E-state index is -0.888. The fraction of sp³-hybridized carbons (Fsp3) is 0.346. The van der Waals surface area contributed by atoms with Crippen molar-refractivity contribution in [2.24, 2.45) is 0 Å².